The molecular weight excluding hydrogens is 964 g/mol. The Bertz CT molecular complexity index is 1580. The molecule has 0 aromatic heterocycles. The lowest BCUT2D eigenvalue weighted by molar-refractivity contribution is -0.870. The number of rotatable bonds is 56. The standard InChI is InChI=1S/C66H119N2O7P/c1-7-10-13-16-19-22-25-28-30-32-33-34-35-36-38-41-44-47-50-53-56-59-66(70)75-64(57-54-51-48-45-42-39-27-24-21-18-15-12-9-3)63(62-74-76(71,72)73-61-60-68(4,5)6)67-65(69)58-55-52-49-46-43-40-37-31-29-26-23-20-17-14-11-8-2/h11,14,19-20,22-23,28-31,40,43,54,57,63-64H,7-10,12-13,15-18,21,24-27,32-39,41-42,44-53,55-56,58-62H2,1-6H3,(H-,67,69,71,72)/p+1/b14-11+,22-19-,23-20+,30-28-,31-29+,43-40+,57-54+. The second-order valence-electron chi connectivity index (χ2n) is 22.2. The third-order valence-electron chi connectivity index (χ3n) is 13.6. The van der Waals surface area contributed by atoms with Gasteiger partial charge in [0.25, 0.3) is 0 Å². The van der Waals surface area contributed by atoms with Gasteiger partial charge in [-0.05, 0) is 102 Å². The number of phosphoric ester groups is 1. The number of unbranched alkanes of at least 4 members (excludes halogenated alkanes) is 28. The third-order valence-corrected chi connectivity index (χ3v) is 14.6. The molecule has 0 saturated carbocycles. The monoisotopic (exact) mass is 1080 g/mol. The van der Waals surface area contributed by atoms with Gasteiger partial charge < -0.3 is 19.4 Å². The Balaban J connectivity index is 5.30. The van der Waals surface area contributed by atoms with Crippen LogP contribution in [0.15, 0.2) is 85.1 Å². The van der Waals surface area contributed by atoms with E-state index in [2.05, 4.69) is 99.0 Å². The van der Waals surface area contributed by atoms with Crippen LogP contribution < -0.4 is 5.32 Å². The molecule has 0 aromatic rings. The van der Waals surface area contributed by atoms with Gasteiger partial charge in [0.2, 0.25) is 5.91 Å². The summed E-state index contributed by atoms with van der Waals surface area (Å²) in [4.78, 5) is 37.7. The van der Waals surface area contributed by atoms with E-state index in [0.29, 0.717) is 23.9 Å². The zero-order chi connectivity index (χ0) is 55.7. The van der Waals surface area contributed by atoms with Crippen LogP contribution in [0.1, 0.15) is 271 Å². The first-order valence-electron chi connectivity index (χ1n) is 31.4. The molecule has 1 amide bonds. The highest BCUT2D eigenvalue weighted by atomic mass is 31.2. The summed E-state index contributed by atoms with van der Waals surface area (Å²) in [7, 11) is 1.47. The quantitative estimate of drug-likeness (QED) is 0.0205. The number of phosphoric acid groups is 1. The van der Waals surface area contributed by atoms with E-state index in [1.165, 1.54) is 141 Å². The molecular formula is C66H120N2O7P+. The van der Waals surface area contributed by atoms with Crippen molar-refractivity contribution in [3.05, 3.63) is 85.1 Å². The highest BCUT2D eigenvalue weighted by Gasteiger charge is 2.30. The predicted molar refractivity (Wildman–Crippen MR) is 328 cm³/mol. The number of allylic oxidation sites excluding steroid dienone is 13. The van der Waals surface area contributed by atoms with E-state index < -0.39 is 20.0 Å². The van der Waals surface area contributed by atoms with Crippen molar-refractivity contribution in [3.63, 3.8) is 0 Å². The van der Waals surface area contributed by atoms with Gasteiger partial charge in [-0.2, -0.15) is 0 Å². The zero-order valence-corrected chi connectivity index (χ0v) is 51.1. The summed E-state index contributed by atoms with van der Waals surface area (Å²) in [6, 6.07) is -0.869. The molecule has 3 atom stereocenters. The predicted octanol–water partition coefficient (Wildman–Crippen LogP) is 19.4. The number of hydrogen-bond acceptors (Lipinski definition) is 6. The van der Waals surface area contributed by atoms with E-state index in [9.17, 15) is 19.0 Å². The minimum Gasteiger partial charge on any atom is -0.456 e. The molecule has 0 rings (SSSR count). The number of hydrogen-bond donors (Lipinski definition) is 2. The van der Waals surface area contributed by atoms with Crippen molar-refractivity contribution in [1.29, 1.82) is 0 Å². The molecule has 76 heavy (non-hydrogen) atoms. The maximum Gasteiger partial charge on any atom is 0.472 e. The minimum absolute atomic E-state index is 0.0305. The second kappa shape index (κ2) is 55.5. The van der Waals surface area contributed by atoms with E-state index in [1.807, 2.05) is 33.3 Å². The number of nitrogens with zero attached hydrogens (tertiary/aromatic N) is 1. The zero-order valence-electron chi connectivity index (χ0n) is 50.2. The van der Waals surface area contributed by atoms with E-state index in [0.717, 1.165) is 89.9 Å². The van der Waals surface area contributed by atoms with Crippen LogP contribution in [0, 0.1) is 0 Å². The molecule has 0 saturated heterocycles. The highest BCUT2D eigenvalue weighted by Crippen LogP contribution is 2.43. The smallest absolute Gasteiger partial charge is 0.456 e. The Kier molecular flexibility index (Phi) is 53.5. The molecule has 0 spiro atoms. The molecule has 0 heterocycles. The number of quaternary nitrogens is 1. The van der Waals surface area contributed by atoms with E-state index in [4.69, 9.17) is 13.8 Å². The van der Waals surface area contributed by atoms with E-state index >= 15 is 0 Å². The van der Waals surface area contributed by atoms with Crippen LogP contribution in [0.3, 0.4) is 0 Å². The second-order valence-corrected chi connectivity index (χ2v) is 23.6. The SMILES string of the molecule is CC/C=C/C/C=C/C/C=C/C/C=C/CCCCCC(=O)NC(COP(=O)(O)OCC[N+](C)(C)C)C(/C=C/CCCCCCCCCCCCC)OC(=O)CCCCCCCCCCCCC/C=C\C/C=C\CCCCC. The summed E-state index contributed by atoms with van der Waals surface area (Å²) in [5.74, 6) is -0.543. The average Bonchev–Trinajstić information content (AvgIpc) is 3.38. The Hall–Kier alpha value is -2.81. The first-order chi connectivity index (χ1) is 36.9. The Morgan fingerprint density at radius 3 is 1.30 bits per heavy atom. The summed E-state index contributed by atoms with van der Waals surface area (Å²) in [5, 5.41) is 3.04. The van der Waals surface area contributed by atoms with Crippen molar-refractivity contribution < 1.29 is 37.3 Å². The van der Waals surface area contributed by atoms with E-state index in [1.54, 1.807) is 0 Å². The molecule has 10 heteroatoms. The van der Waals surface area contributed by atoms with Crippen molar-refractivity contribution in [2.24, 2.45) is 0 Å². The lowest BCUT2D eigenvalue weighted by atomic mass is 10.0. The number of carbonyl (C=O) groups is 2. The number of esters is 1. The third kappa shape index (κ3) is 55.9. The fraction of sp³-hybridized carbons (Fsp3) is 0.758. The van der Waals surface area contributed by atoms with Crippen molar-refractivity contribution in [3.8, 4) is 0 Å². The number of nitrogens with one attached hydrogen (secondary N) is 1. The summed E-state index contributed by atoms with van der Waals surface area (Å²) in [5.41, 5.74) is 0. The normalized spacial score (nSPS) is 14.2. The van der Waals surface area contributed by atoms with Crippen LogP contribution >= 0.6 is 7.82 Å². The van der Waals surface area contributed by atoms with Crippen molar-refractivity contribution >= 4 is 19.7 Å². The summed E-state index contributed by atoms with van der Waals surface area (Å²) < 4.78 is 30.7. The molecule has 0 aliphatic carbocycles. The van der Waals surface area contributed by atoms with Crippen molar-refractivity contribution in [1.82, 2.24) is 5.32 Å². The summed E-state index contributed by atoms with van der Waals surface area (Å²) >= 11 is 0. The topological polar surface area (TPSA) is 111 Å². The van der Waals surface area contributed by atoms with Gasteiger partial charge in [0, 0.05) is 12.8 Å². The van der Waals surface area contributed by atoms with Crippen LogP contribution in [0.2, 0.25) is 0 Å². The molecule has 9 nitrogen and oxygen atoms in total. The van der Waals surface area contributed by atoms with Gasteiger partial charge in [-0.15, -0.1) is 0 Å². The lowest BCUT2D eigenvalue weighted by Gasteiger charge is -2.27. The number of carbonyl (C=O) groups excluding carboxylic acids is 2. The number of amides is 1. The summed E-state index contributed by atoms with van der Waals surface area (Å²) in [6.45, 7) is 6.86. The number of ether oxygens (including phenoxy) is 1. The van der Waals surface area contributed by atoms with Gasteiger partial charge >= 0.3 is 13.8 Å². The maximum atomic E-state index is 13.5. The fourth-order valence-corrected chi connectivity index (χ4v) is 9.46. The van der Waals surface area contributed by atoms with Crippen LogP contribution in [-0.4, -0.2) is 74.3 Å². The van der Waals surface area contributed by atoms with Gasteiger partial charge in [-0.25, -0.2) is 4.57 Å². The van der Waals surface area contributed by atoms with Gasteiger partial charge in [-0.1, -0.05) is 241 Å². The van der Waals surface area contributed by atoms with Gasteiger partial charge in [0.05, 0.1) is 33.8 Å². The number of likely N-dealkylation sites (N-methyl/N-ethyl adjacent to an activating group) is 1. The van der Waals surface area contributed by atoms with Crippen molar-refractivity contribution in [2.75, 3.05) is 40.9 Å². The Morgan fingerprint density at radius 2 is 0.842 bits per heavy atom. The highest BCUT2D eigenvalue weighted by molar-refractivity contribution is 7.47. The average molecular weight is 1080 g/mol. The first kappa shape index (κ1) is 73.2. The van der Waals surface area contributed by atoms with Crippen LogP contribution in [0.5, 0.6) is 0 Å². The first-order valence-corrected chi connectivity index (χ1v) is 32.9. The Morgan fingerprint density at radius 1 is 0.474 bits per heavy atom. The molecule has 0 aliphatic heterocycles. The van der Waals surface area contributed by atoms with Crippen LogP contribution in [0.4, 0.5) is 0 Å². The van der Waals surface area contributed by atoms with Crippen LogP contribution in [0.25, 0.3) is 0 Å². The summed E-state index contributed by atoms with van der Waals surface area (Å²) in [6.07, 6.45) is 72.9. The van der Waals surface area contributed by atoms with Gasteiger partial charge in [-0.3, -0.25) is 18.6 Å². The molecule has 3 unspecified atom stereocenters. The Labute approximate surface area is 469 Å². The molecule has 0 bridgehead atoms. The molecule has 0 aromatic carbocycles. The largest absolute Gasteiger partial charge is 0.472 e. The van der Waals surface area contributed by atoms with Crippen molar-refractivity contribution in [2.45, 2.75) is 283 Å². The van der Waals surface area contributed by atoms with Gasteiger partial charge in [0.15, 0.2) is 0 Å². The molecule has 0 radical (unpaired) electrons. The minimum atomic E-state index is -4.46. The molecule has 440 valence electrons. The lowest BCUT2D eigenvalue weighted by Crippen LogP contribution is -2.47. The molecule has 0 aliphatic rings. The molecule has 0 fully saturated rings. The van der Waals surface area contributed by atoms with E-state index in [-0.39, 0.29) is 31.5 Å². The molecule has 2 N–H and O–H groups in total. The van der Waals surface area contributed by atoms with Crippen LogP contribution in [-0.2, 0) is 27.9 Å². The van der Waals surface area contributed by atoms with Gasteiger partial charge in [0.1, 0.15) is 19.3 Å². The fourth-order valence-electron chi connectivity index (χ4n) is 8.73. The maximum absolute atomic E-state index is 13.5.